The number of amides is 1. The maximum Gasteiger partial charge on any atom is 0.239 e. The Balaban J connectivity index is 1.76. The molecule has 23 heavy (non-hydrogen) atoms. The second kappa shape index (κ2) is 8.12. The molecule has 2 aromatic carbocycles. The van der Waals surface area contributed by atoms with Gasteiger partial charge in [0.25, 0.3) is 0 Å². The van der Waals surface area contributed by atoms with Gasteiger partial charge in [-0.15, -0.1) is 0 Å². The Labute approximate surface area is 133 Å². The predicted molar refractivity (Wildman–Crippen MR) is 84.6 cm³/mol. The predicted octanol–water partition coefficient (Wildman–Crippen LogP) is 2.74. The van der Waals surface area contributed by atoms with Crippen LogP contribution in [0.5, 0.6) is 5.75 Å². The molecule has 0 aromatic heterocycles. The Morgan fingerprint density at radius 3 is 2.65 bits per heavy atom. The lowest BCUT2D eigenvalue weighted by Gasteiger charge is -2.10. The number of halogens is 2. The number of ether oxygens (including phenoxy) is 1. The summed E-state index contributed by atoms with van der Waals surface area (Å²) in [6, 6.07) is 11.0. The molecule has 6 heteroatoms. The molecule has 0 spiro atoms. The molecule has 0 unspecified atom stereocenters. The molecular formula is C17H18F2N2O2. The Kier molecular flexibility index (Phi) is 5.91. The van der Waals surface area contributed by atoms with Crippen molar-refractivity contribution in [3.05, 3.63) is 59.7 Å². The van der Waals surface area contributed by atoms with Crippen LogP contribution in [0.3, 0.4) is 0 Å². The van der Waals surface area contributed by atoms with Crippen LogP contribution in [-0.4, -0.2) is 26.1 Å². The first kappa shape index (κ1) is 16.7. The molecule has 4 nitrogen and oxygen atoms in total. The summed E-state index contributed by atoms with van der Waals surface area (Å²) in [7, 11) is 1.60. The van der Waals surface area contributed by atoms with Crippen LogP contribution < -0.4 is 15.4 Å². The fraction of sp³-hybridized carbons (Fsp3) is 0.235. The smallest absolute Gasteiger partial charge is 0.239 e. The zero-order valence-corrected chi connectivity index (χ0v) is 12.7. The van der Waals surface area contributed by atoms with Crippen LogP contribution >= 0.6 is 0 Å². The lowest BCUT2D eigenvalue weighted by Crippen LogP contribution is -2.31. The average Bonchev–Trinajstić information content (AvgIpc) is 2.56. The Hall–Kier alpha value is -2.63. The molecule has 2 aromatic rings. The van der Waals surface area contributed by atoms with Crippen LogP contribution in [0.1, 0.15) is 5.56 Å². The molecule has 0 fully saturated rings. The topological polar surface area (TPSA) is 50.4 Å². The molecule has 0 bridgehead atoms. The summed E-state index contributed by atoms with van der Waals surface area (Å²) >= 11 is 0. The number of methoxy groups -OCH3 is 1. The number of benzene rings is 2. The zero-order valence-electron chi connectivity index (χ0n) is 12.7. The van der Waals surface area contributed by atoms with Gasteiger partial charge in [0.15, 0.2) is 11.6 Å². The Morgan fingerprint density at radius 2 is 1.91 bits per heavy atom. The number of hydrogen-bond acceptors (Lipinski definition) is 3. The van der Waals surface area contributed by atoms with Gasteiger partial charge in [-0.3, -0.25) is 4.79 Å². The van der Waals surface area contributed by atoms with Crippen molar-refractivity contribution in [1.29, 1.82) is 0 Å². The van der Waals surface area contributed by atoms with Gasteiger partial charge >= 0.3 is 0 Å². The molecule has 0 radical (unpaired) electrons. The van der Waals surface area contributed by atoms with Gasteiger partial charge in [0.05, 0.1) is 13.7 Å². The van der Waals surface area contributed by atoms with Gasteiger partial charge in [0.1, 0.15) is 5.75 Å². The largest absolute Gasteiger partial charge is 0.496 e. The van der Waals surface area contributed by atoms with Crippen LogP contribution in [0, 0.1) is 11.6 Å². The normalized spacial score (nSPS) is 10.2. The highest BCUT2D eigenvalue weighted by Crippen LogP contribution is 2.17. The summed E-state index contributed by atoms with van der Waals surface area (Å²) in [5.41, 5.74) is 1.35. The van der Waals surface area contributed by atoms with Crippen LogP contribution in [0.15, 0.2) is 42.5 Å². The van der Waals surface area contributed by atoms with Gasteiger partial charge in [0.2, 0.25) is 5.91 Å². The molecule has 0 atom stereocenters. The molecule has 2 rings (SSSR count). The SMILES string of the molecule is COc1ccccc1CCNC(=O)CNc1ccc(F)c(F)c1. The van der Waals surface area contributed by atoms with Crippen LogP contribution in [-0.2, 0) is 11.2 Å². The maximum atomic E-state index is 13.0. The highest BCUT2D eigenvalue weighted by molar-refractivity contribution is 5.80. The third kappa shape index (κ3) is 4.95. The fourth-order valence-electron chi connectivity index (χ4n) is 2.10. The van der Waals surface area contributed by atoms with Crippen LogP contribution in [0.4, 0.5) is 14.5 Å². The van der Waals surface area contributed by atoms with Crippen molar-refractivity contribution < 1.29 is 18.3 Å². The summed E-state index contributed by atoms with van der Waals surface area (Å²) in [6.07, 6.45) is 0.640. The minimum absolute atomic E-state index is 0.0169. The Bertz CT molecular complexity index is 677. The van der Waals surface area contributed by atoms with Gasteiger partial charge < -0.3 is 15.4 Å². The van der Waals surface area contributed by atoms with Crippen molar-refractivity contribution in [2.45, 2.75) is 6.42 Å². The quantitative estimate of drug-likeness (QED) is 0.825. The van der Waals surface area contributed by atoms with E-state index < -0.39 is 11.6 Å². The molecule has 122 valence electrons. The number of carbonyl (C=O) groups excluding carboxylic acids is 1. The third-order valence-electron chi connectivity index (χ3n) is 3.28. The molecule has 0 aliphatic rings. The van der Waals surface area contributed by atoms with Gasteiger partial charge in [-0.2, -0.15) is 0 Å². The molecule has 0 heterocycles. The lowest BCUT2D eigenvalue weighted by atomic mass is 10.1. The summed E-state index contributed by atoms with van der Waals surface area (Å²) < 4.78 is 31.1. The summed E-state index contributed by atoms with van der Waals surface area (Å²) in [5, 5.41) is 5.49. The van der Waals surface area contributed by atoms with Gasteiger partial charge in [-0.05, 0) is 30.2 Å². The molecule has 0 saturated heterocycles. The molecule has 2 N–H and O–H groups in total. The van der Waals surface area contributed by atoms with Crippen molar-refractivity contribution in [2.75, 3.05) is 25.5 Å². The molecule has 0 aliphatic carbocycles. The standard InChI is InChI=1S/C17H18F2N2O2/c1-23-16-5-3-2-4-12(16)8-9-20-17(22)11-21-13-6-7-14(18)15(19)10-13/h2-7,10,21H,8-9,11H2,1H3,(H,20,22). The second-order valence-electron chi connectivity index (χ2n) is 4.89. The van der Waals surface area contributed by atoms with E-state index in [1.54, 1.807) is 7.11 Å². The second-order valence-corrected chi connectivity index (χ2v) is 4.89. The van der Waals surface area contributed by atoms with Gasteiger partial charge in [0, 0.05) is 18.3 Å². The molecule has 1 amide bonds. The maximum absolute atomic E-state index is 13.0. The van der Waals surface area contributed by atoms with Crippen molar-refractivity contribution in [3.63, 3.8) is 0 Å². The Morgan fingerprint density at radius 1 is 1.13 bits per heavy atom. The van der Waals surface area contributed by atoms with Crippen LogP contribution in [0.2, 0.25) is 0 Å². The average molecular weight is 320 g/mol. The minimum Gasteiger partial charge on any atom is -0.496 e. The summed E-state index contributed by atoms with van der Waals surface area (Å²) in [6.45, 7) is 0.440. The van der Waals surface area contributed by atoms with Crippen molar-refractivity contribution in [1.82, 2.24) is 5.32 Å². The van der Waals surface area contributed by atoms with E-state index in [1.807, 2.05) is 24.3 Å². The monoisotopic (exact) mass is 320 g/mol. The molecular weight excluding hydrogens is 302 g/mol. The van der Waals surface area contributed by atoms with E-state index in [0.717, 1.165) is 23.4 Å². The number of rotatable bonds is 7. The summed E-state index contributed by atoms with van der Waals surface area (Å²) in [4.78, 5) is 11.7. The van der Waals surface area contributed by atoms with E-state index in [0.29, 0.717) is 18.7 Å². The summed E-state index contributed by atoms with van der Waals surface area (Å²) in [5.74, 6) is -1.32. The number of nitrogens with one attached hydrogen (secondary N) is 2. The van der Waals surface area contributed by atoms with Gasteiger partial charge in [-0.1, -0.05) is 18.2 Å². The van der Waals surface area contributed by atoms with Gasteiger partial charge in [-0.25, -0.2) is 8.78 Å². The number of anilines is 1. The molecule has 0 aliphatic heterocycles. The first-order chi connectivity index (χ1) is 11.1. The first-order valence-electron chi connectivity index (χ1n) is 7.17. The van der Waals surface area contributed by atoms with Crippen molar-refractivity contribution >= 4 is 11.6 Å². The number of hydrogen-bond donors (Lipinski definition) is 2. The fourth-order valence-corrected chi connectivity index (χ4v) is 2.10. The van der Waals surface area contributed by atoms with Crippen LogP contribution in [0.25, 0.3) is 0 Å². The number of para-hydroxylation sites is 1. The minimum atomic E-state index is -0.952. The third-order valence-corrected chi connectivity index (χ3v) is 3.28. The van der Waals surface area contributed by atoms with E-state index in [4.69, 9.17) is 4.74 Å². The van der Waals surface area contributed by atoms with E-state index in [2.05, 4.69) is 10.6 Å². The van der Waals surface area contributed by atoms with Crippen molar-refractivity contribution in [3.8, 4) is 5.75 Å². The highest BCUT2D eigenvalue weighted by atomic mass is 19.2. The zero-order chi connectivity index (χ0) is 16.7. The van der Waals surface area contributed by atoms with Crippen molar-refractivity contribution in [2.24, 2.45) is 0 Å². The van der Waals surface area contributed by atoms with E-state index in [-0.39, 0.29) is 12.5 Å². The van der Waals surface area contributed by atoms with E-state index in [1.165, 1.54) is 6.07 Å². The molecule has 0 saturated carbocycles. The lowest BCUT2D eigenvalue weighted by molar-refractivity contribution is -0.119. The first-order valence-corrected chi connectivity index (χ1v) is 7.17. The van der Waals surface area contributed by atoms with E-state index in [9.17, 15) is 13.6 Å². The number of carbonyl (C=O) groups is 1. The van der Waals surface area contributed by atoms with E-state index >= 15 is 0 Å². The highest BCUT2D eigenvalue weighted by Gasteiger charge is 2.06.